The van der Waals surface area contributed by atoms with E-state index in [2.05, 4.69) is 18.1 Å². The average molecular weight is 476 g/mol. The second-order valence-corrected chi connectivity index (χ2v) is 8.37. The number of aliphatic hydroxyl groups is 1. The number of nitrogens with zero attached hydrogens (tertiary/aromatic N) is 1. The van der Waals surface area contributed by atoms with Crippen LogP contribution in [0.5, 0.6) is 11.5 Å². The van der Waals surface area contributed by atoms with Crippen LogP contribution in [0.25, 0.3) is 0 Å². The van der Waals surface area contributed by atoms with E-state index in [-0.39, 0.29) is 18.1 Å². The number of hydrogen-bond donors (Lipinski definition) is 1. The van der Waals surface area contributed by atoms with E-state index in [1.165, 1.54) is 17.4 Å². The van der Waals surface area contributed by atoms with Crippen molar-refractivity contribution in [2.24, 2.45) is 0 Å². The van der Waals surface area contributed by atoms with E-state index in [9.17, 15) is 18.3 Å². The Morgan fingerprint density at radius 2 is 2.00 bits per heavy atom. The number of rotatable bonds is 10. The fraction of sp³-hybridized carbons (Fsp3) is 0.240. The molecule has 3 aromatic rings. The smallest absolute Gasteiger partial charge is 0.270 e. The van der Waals surface area contributed by atoms with Crippen LogP contribution in [-0.4, -0.2) is 10.1 Å². The summed E-state index contributed by atoms with van der Waals surface area (Å²) in [6.45, 7) is 10.2. The third-order valence-corrected chi connectivity index (χ3v) is 5.74. The summed E-state index contributed by atoms with van der Waals surface area (Å²) in [5.74, 6) is -3.56. The van der Waals surface area contributed by atoms with Crippen LogP contribution < -0.4 is 4.74 Å². The summed E-state index contributed by atoms with van der Waals surface area (Å²) in [6.07, 6.45) is 0.892. The number of hydrogen-bond acceptors (Lipinski definition) is 5. The van der Waals surface area contributed by atoms with Crippen LogP contribution in [0.2, 0.25) is 0 Å². The Hall–Kier alpha value is -3.10. The summed E-state index contributed by atoms with van der Waals surface area (Å²) < 4.78 is 53.3. The summed E-state index contributed by atoms with van der Waals surface area (Å²) in [5.41, 5.74) is 0.930. The first-order valence-corrected chi connectivity index (χ1v) is 11.0. The molecule has 1 atom stereocenters. The SMILES string of the molecule is C=C(OCc1cccc(Oc2c(F)cc(C(C)(F)F)cc2CC)c1)C(=C)C(O)c1nccs1. The summed E-state index contributed by atoms with van der Waals surface area (Å²) in [6, 6.07) is 8.81. The highest BCUT2D eigenvalue weighted by molar-refractivity contribution is 7.09. The molecule has 0 spiro atoms. The minimum absolute atomic E-state index is 0.0899. The van der Waals surface area contributed by atoms with Crippen LogP contribution in [0.4, 0.5) is 13.2 Å². The number of aryl methyl sites for hydroxylation is 1. The van der Waals surface area contributed by atoms with Gasteiger partial charge in [-0.25, -0.2) is 18.2 Å². The van der Waals surface area contributed by atoms with Crippen molar-refractivity contribution in [3.8, 4) is 11.5 Å². The summed E-state index contributed by atoms with van der Waals surface area (Å²) >= 11 is 1.29. The highest BCUT2D eigenvalue weighted by Crippen LogP contribution is 2.36. The Balaban J connectivity index is 1.70. The Labute approximate surface area is 194 Å². The van der Waals surface area contributed by atoms with Crippen molar-refractivity contribution in [2.75, 3.05) is 0 Å². The molecule has 0 saturated heterocycles. The quantitative estimate of drug-likeness (QED) is 0.252. The maximum atomic E-state index is 14.6. The third kappa shape index (κ3) is 6.03. The standard InChI is InChI=1S/C25H24F3NO3S/c1-5-18-12-19(25(4,27)28)13-21(26)23(18)32-20-8-6-7-17(11-20)14-31-16(3)15(2)22(30)24-29-9-10-33-24/h6-13,22,30H,2-3,5,14H2,1,4H3. The molecule has 0 saturated carbocycles. The Morgan fingerprint density at radius 1 is 1.24 bits per heavy atom. The molecule has 0 aliphatic carbocycles. The van der Waals surface area contributed by atoms with E-state index in [4.69, 9.17) is 9.47 Å². The van der Waals surface area contributed by atoms with Gasteiger partial charge >= 0.3 is 0 Å². The van der Waals surface area contributed by atoms with Gasteiger partial charge in [0.15, 0.2) is 11.6 Å². The molecular weight excluding hydrogens is 451 g/mol. The maximum Gasteiger partial charge on any atom is 0.270 e. The van der Waals surface area contributed by atoms with E-state index >= 15 is 0 Å². The predicted molar refractivity (Wildman–Crippen MR) is 122 cm³/mol. The molecule has 1 N–H and O–H groups in total. The molecule has 0 radical (unpaired) electrons. The molecule has 0 fully saturated rings. The molecule has 1 aromatic heterocycles. The lowest BCUT2D eigenvalue weighted by Gasteiger charge is -2.17. The van der Waals surface area contributed by atoms with Gasteiger partial charge in [0.2, 0.25) is 0 Å². The second kappa shape index (κ2) is 10.2. The van der Waals surface area contributed by atoms with E-state index in [0.717, 1.165) is 13.0 Å². The second-order valence-electron chi connectivity index (χ2n) is 7.45. The third-order valence-electron chi connectivity index (χ3n) is 4.91. The molecule has 174 valence electrons. The first-order chi connectivity index (χ1) is 15.6. The Morgan fingerprint density at radius 3 is 2.64 bits per heavy atom. The molecule has 4 nitrogen and oxygen atoms in total. The van der Waals surface area contributed by atoms with Gasteiger partial charge in [-0.2, -0.15) is 0 Å². The monoisotopic (exact) mass is 475 g/mol. The van der Waals surface area contributed by atoms with Crippen LogP contribution in [0.3, 0.4) is 0 Å². The molecule has 2 aromatic carbocycles. The highest BCUT2D eigenvalue weighted by atomic mass is 32.1. The fourth-order valence-electron chi connectivity index (χ4n) is 3.03. The van der Waals surface area contributed by atoms with Gasteiger partial charge in [-0.3, -0.25) is 0 Å². The van der Waals surface area contributed by atoms with Gasteiger partial charge in [0.1, 0.15) is 29.2 Å². The number of benzene rings is 2. The number of halogens is 3. The largest absolute Gasteiger partial charge is 0.489 e. The highest BCUT2D eigenvalue weighted by Gasteiger charge is 2.27. The van der Waals surface area contributed by atoms with Gasteiger partial charge in [0.05, 0.1) is 0 Å². The van der Waals surface area contributed by atoms with Gasteiger partial charge in [-0.05, 0) is 41.8 Å². The van der Waals surface area contributed by atoms with E-state index in [1.807, 2.05) is 0 Å². The normalized spacial score (nSPS) is 12.3. The summed E-state index contributed by atoms with van der Waals surface area (Å²) in [7, 11) is 0. The van der Waals surface area contributed by atoms with E-state index in [1.54, 1.807) is 42.8 Å². The minimum atomic E-state index is -3.15. The van der Waals surface area contributed by atoms with Crippen molar-refractivity contribution in [3.63, 3.8) is 0 Å². The van der Waals surface area contributed by atoms with Crippen LogP contribution in [0.15, 0.2) is 72.5 Å². The molecule has 0 amide bonds. The Kier molecular flexibility index (Phi) is 7.61. The molecule has 3 rings (SSSR count). The van der Waals surface area contributed by atoms with Crippen molar-refractivity contribution >= 4 is 11.3 Å². The number of thiazole rings is 1. The van der Waals surface area contributed by atoms with Gasteiger partial charge in [0.25, 0.3) is 5.92 Å². The number of ether oxygens (including phenoxy) is 2. The first-order valence-electron chi connectivity index (χ1n) is 10.2. The Bertz CT molecular complexity index is 1140. The maximum absolute atomic E-state index is 14.6. The fourth-order valence-corrected chi connectivity index (χ4v) is 3.69. The molecule has 8 heteroatoms. The van der Waals surface area contributed by atoms with Crippen molar-refractivity contribution < 1.29 is 27.8 Å². The lowest BCUT2D eigenvalue weighted by Crippen LogP contribution is -2.09. The van der Waals surface area contributed by atoms with Gasteiger partial charge in [-0.1, -0.05) is 32.2 Å². The molecular formula is C25H24F3NO3S. The van der Waals surface area contributed by atoms with Gasteiger partial charge in [-0.15, -0.1) is 11.3 Å². The summed E-state index contributed by atoms with van der Waals surface area (Å²) in [4.78, 5) is 4.05. The van der Waals surface area contributed by atoms with Gasteiger partial charge < -0.3 is 14.6 Å². The first kappa shape index (κ1) is 24.5. The molecule has 0 bridgehead atoms. The number of alkyl halides is 2. The van der Waals surface area contributed by atoms with Crippen molar-refractivity contribution in [3.05, 3.63) is 100.0 Å². The molecule has 1 unspecified atom stereocenters. The van der Waals surface area contributed by atoms with E-state index < -0.39 is 23.4 Å². The zero-order chi connectivity index (χ0) is 24.2. The summed E-state index contributed by atoms with van der Waals surface area (Å²) in [5, 5.41) is 12.5. The predicted octanol–water partition coefficient (Wildman–Crippen LogP) is 7.07. The lowest BCUT2D eigenvalue weighted by molar-refractivity contribution is 0.0170. The van der Waals surface area contributed by atoms with Gasteiger partial charge in [0, 0.05) is 29.6 Å². The van der Waals surface area contributed by atoms with Crippen LogP contribution >= 0.6 is 11.3 Å². The molecule has 0 aliphatic heterocycles. The molecule has 0 aliphatic rings. The van der Waals surface area contributed by atoms with Crippen LogP contribution in [0, 0.1) is 5.82 Å². The zero-order valence-corrected chi connectivity index (χ0v) is 19.1. The van der Waals surface area contributed by atoms with Crippen LogP contribution in [-0.2, 0) is 23.7 Å². The average Bonchev–Trinajstić information content (AvgIpc) is 3.32. The van der Waals surface area contributed by atoms with Crippen molar-refractivity contribution in [2.45, 2.75) is 38.9 Å². The van der Waals surface area contributed by atoms with Crippen LogP contribution in [0.1, 0.15) is 41.6 Å². The van der Waals surface area contributed by atoms with Crippen molar-refractivity contribution in [1.82, 2.24) is 4.98 Å². The minimum Gasteiger partial charge on any atom is -0.489 e. The number of aliphatic hydroxyl groups excluding tert-OH is 1. The van der Waals surface area contributed by atoms with E-state index in [0.29, 0.717) is 33.9 Å². The lowest BCUT2D eigenvalue weighted by atomic mass is 10.0. The molecule has 33 heavy (non-hydrogen) atoms. The molecule has 1 heterocycles. The zero-order valence-electron chi connectivity index (χ0n) is 18.3. The number of aromatic nitrogens is 1. The topological polar surface area (TPSA) is 51.6 Å². The van der Waals surface area contributed by atoms with Crippen molar-refractivity contribution in [1.29, 1.82) is 0 Å².